The summed E-state index contributed by atoms with van der Waals surface area (Å²) in [6.45, 7) is 1.60. The highest BCUT2D eigenvalue weighted by Gasteiger charge is 2.16. The van der Waals surface area contributed by atoms with E-state index in [-0.39, 0.29) is 11.3 Å². The molecule has 0 spiro atoms. The van der Waals surface area contributed by atoms with Crippen LogP contribution in [-0.4, -0.2) is 38.4 Å². The summed E-state index contributed by atoms with van der Waals surface area (Å²) < 4.78 is 15.8. The van der Waals surface area contributed by atoms with Crippen LogP contribution >= 0.6 is 0 Å². The predicted molar refractivity (Wildman–Crippen MR) is 99.0 cm³/mol. The Kier molecular flexibility index (Phi) is 6.32. The van der Waals surface area contributed by atoms with Crippen molar-refractivity contribution in [3.05, 3.63) is 57.1 Å². The molecule has 0 aliphatic rings. The highest BCUT2D eigenvalue weighted by molar-refractivity contribution is 5.96. The summed E-state index contributed by atoms with van der Waals surface area (Å²) in [4.78, 5) is 22.6. The fourth-order valence-corrected chi connectivity index (χ4v) is 2.40. The van der Waals surface area contributed by atoms with Crippen LogP contribution in [0.3, 0.4) is 0 Å². The molecule has 1 N–H and O–H groups in total. The van der Waals surface area contributed by atoms with Gasteiger partial charge in [-0.15, -0.1) is 0 Å². The minimum Gasteiger partial charge on any atom is -0.493 e. The first-order valence-electron chi connectivity index (χ1n) is 7.80. The molecule has 27 heavy (non-hydrogen) atoms. The molecule has 0 heterocycles. The number of nitro benzene ring substituents is 1. The Hall–Kier alpha value is -3.62. The molecule has 2 aromatic rings. The molecule has 0 radical (unpaired) electrons. The van der Waals surface area contributed by atoms with Crippen molar-refractivity contribution in [3.63, 3.8) is 0 Å². The second-order valence-electron chi connectivity index (χ2n) is 5.38. The number of benzene rings is 2. The lowest BCUT2D eigenvalue weighted by Crippen LogP contribution is -2.18. The van der Waals surface area contributed by atoms with Crippen molar-refractivity contribution in [2.24, 2.45) is 5.10 Å². The van der Waals surface area contributed by atoms with E-state index in [9.17, 15) is 14.9 Å². The minimum atomic E-state index is -0.575. The molecule has 0 aromatic heterocycles. The maximum atomic E-state index is 12.2. The first kappa shape index (κ1) is 19.7. The summed E-state index contributed by atoms with van der Waals surface area (Å²) >= 11 is 0. The van der Waals surface area contributed by atoms with Gasteiger partial charge < -0.3 is 14.2 Å². The maximum Gasteiger partial charge on any atom is 0.273 e. The van der Waals surface area contributed by atoms with Crippen molar-refractivity contribution in [1.82, 2.24) is 5.43 Å². The third-order valence-corrected chi connectivity index (χ3v) is 3.77. The number of nitro groups is 1. The molecule has 2 rings (SSSR count). The zero-order chi connectivity index (χ0) is 20.0. The van der Waals surface area contributed by atoms with E-state index in [1.54, 1.807) is 19.1 Å². The Balaban J connectivity index is 2.22. The van der Waals surface area contributed by atoms with Crippen molar-refractivity contribution in [2.45, 2.75) is 6.92 Å². The number of hydrazone groups is 1. The van der Waals surface area contributed by atoms with Gasteiger partial charge in [0.25, 0.3) is 11.6 Å². The van der Waals surface area contributed by atoms with Crippen molar-refractivity contribution >= 4 is 17.8 Å². The number of nitrogens with zero attached hydrogens (tertiary/aromatic N) is 2. The van der Waals surface area contributed by atoms with Crippen LogP contribution in [0.4, 0.5) is 5.69 Å². The number of nitrogens with one attached hydrogen (secondary N) is 1. The zero-order valence-electron chi connectivity index (χ0n) is 15.3. The Bertz CT molecular complexity index is 895. The second kappa shape index (κ2) is 8.65. The molecule has 0 saturated heterocycles. The van der Waals surface area contributed by atoms with Gasteiger partial charge >= 0.3 is 0 Å². The first-order chi connectivity index (χ1) is 12.9. The van der Waals surface area contributed by atoms with Crippen molar-refractivity contribution in [2.75, 3.05) is 21.3 Å². The minimum absolute atomic E-state index is 0.128. The molecule has 0 atom stereocenters. The number of ether oxygens (including phenoxy) is 3. The number of carbonyl (C=O) groups is 1. The Morgan fingerprint density at radius 2 is 1.81 bits per heavy atom. The van der Waals surface area contributed by atoms with Gasteiger partial charge in [-0.05, 0) is 25.1 Å². The van der Waals surface area contributed by atoms with Gasteiger partial charge in [-0.3, -0.25) is 14.9 Å². The molecule has 9 heteroatoms. The van der Waals surface area contributed by atoms with Gasteiger partial charge in [0.05, 0.1) is 32.5 Å². The zero-order valence-corrected chi connectivity index (χ0v) is 15.3. The van der Waals surface area contributed by atoms with E-state index >= 15 is 0 Å². The third kappa shape index (κ3) is 4.32. The summed E-state index contributed by atoms with van der Waals surface area (Å²) in [6.07, 6.45) is 1.38. The number of hydrogen-bond acceptors (Lipinski definition) is 7. The molecule has 0 fully saturated rings. The number of amides is 1. The van der Waals surface area contributed by atoms with Crippen LogP contribution in [-0.2, 0) is 0 Å². The molecular weight excluding hydrogens is 354 g/mol. The molecule has 142 valence electrons. The topological polar surface area (TPSA) is 112 Å². The van der Waals surface area contributed by atoms with Crippen LogP contribution in [0.25, 0.3) is 0 Å². The quantitative estimate of drug-likeness (QED) is 0.454. The fourth-order valence-electron chi connectivity index (χ4n) is 2.40. The molecule has 2 aromatic carbocycles. The highest BCUT2D eigenvalue weighted by atomic mass is 16.6. The number of aryl methyl sites for hydroxylation is 1. The van der Waals surface area contributed by atoms with Crippen LogP contribution in [0.15, 0.2) is 35.4 Å². The van der Waals surface area contributed by atoms with Crippen LogP contribution in [0.5, 0.6) is 17.2 Å². The SMILES string of the molecule is COc1ccc(C=NNC(=O)c2ccc(C)c([N+](=O)[O-])c2)c(OC)c1OC. The van der Waals surface area contributed by atoms with Crippen LogP contribution in [0, 0.1) is 17.0 Å². The molecule has 0 saturated carbocycles. The van der Waals surface area contributed by atoms with Gasteiger partial charge in [-0.1, -0.05) is 6.07 Å². The normalized spacial score (nSPS) is 10.5. The lowest BCUT2D eigenvalue weighted by molar-refractivity contribution is -0.385. The largest absolute Gasteiger partial charge is 0.493 e. The first-order valence-corrected chi connectivity index (χ1v) is 7.80. The van der Waals surface area contributed by atoms with Gasteiger partial charge in [0.15, 0.2) is 11.5 Å². The van der Waals surface area contributed by atoms with Crippen molar-refractivity contribution < 1.29 is 23.9 Å². The van der Waals surface area contributed by atoms with E-state index in [0.29, 0.717) is 28.4 Å². The van der Waals surface area contributed by atoms with Gasteiger partial charge in [0, 0.05) is 22.8 Å². The van der Waals surface area contributed by atoms with Crippen LogP contribution in [0.1, 0.15) is 21.5 Å². The van der Waals surface area contributed by atoms with Gasteiger partial charge in [0.1, 0.15) is 0 Å². The number of carbonyl (C=O) groups excluding carboxylic acids is 1. The van der Waals surface area contributed by atoms with E-state index in [0.717, 1.165) is 0 Å². The molecule has 0 bridgehead atoms. The number of rotatable bonds is 7. The molecule has 0 unspecified atom stereocenters. The lowest BCUT2D eigenvalue weighted by atomic mass is 10.1. The van der Waals surface area contributed by atoms with E-state index in [1.165, 1.54) is 45.7 Å². The average molecular weight is 373 g/mol. The monoisotopic (exact) mass is 373 g/mol. The Morgan fingerprint density at radius 3 is 2.41 bits per heavy atom. The highest BCUT2D eigenvalue weighted by Crippen LogP contribution is 2.38. The van der Waals surface area contributed by atoms with Crippen LogP contribution in [0.2, 0.25) is 0 Å². The summed E-state index contributed by atoms with van der Waals surface area (Å²) in [5.74, 6) is 0.696. The maximum absolute atomic E-state index is 12.2. The van der Waals surface area contributed by atoms with Gasteiger partial charge in [0.2, 0.25) is 5.75 Å². The number of hydrogen-bond donors (Lipinski definition) is 1. The Labute approximate surface area is 155 Å². The van der Waals surface area contributed by atoms with Gasteiger partial charge in [-0.25, -0.2) is 5.43 Å². The second-order valence-corrected chi connectivity index (χ2v) is 5.38. The third-order valence-electron chi connectivity index (χ3n) is 3.77. The average Bonchev–Trinajstić information content (AvgIpc) is 2.67. The van der Waals surface area contributed by atoms with E-state index in [2.05, 4.69) is 10.5 Å². The molecule has 9 nitrogen and oxygen atoms in total. The number of methoxy groups -OCH3 is 3. The summed E-state index contributed by atoms with van der Waals surface area (Å²) in [7, 11) is 4.46. The van der Waals surface area contributed by atoms with E-state index in [4.69, 9.17) is 14.2 Å². The van der Waals surface area contributed by atoms with E-state index in [1.807, 2.05) is 0 Å². The smallest absolute Gasteiger partial charge is 0.273 e. The standard InChI is InChI=1S/C18H19N3O6/c1-11-5-6-12(9-14(11)21(23)24)18(22)20-19-10-13-7-8-15(25-2)17(27-4)16(13)26-3/h5-10H,1-4H3,(H,20,22). The molecule has 0 aliphatic carbocycles. The van der Waals surface area contributed by atoms with Crippen LogP contribution < -0.4 is 19.6 Å². The van der Waals surface area contributed by atoms with Crippen molar-refractivity contribution in [3.8, 4) is 17.2 Å². The summed E-state index contributed by atoms with van der Waals surface area (Å²) in [5.41, 5.74) is 3.34. The summed E-state index contributed by atoms with van der Waals surface area (Å²) in [5, 5.41) is 14.9. The predicted octanol–water partition coefficient (Wildman–Crippen LogP) is 2.69. The fraction of sp³-hybridized carbons (Fsp3) is 0.222. The van der Waals surface area contributed by atoms with Gasteiger partial charge in [-0.2, -0.15) is 5.10 Å². The molecular formula is C18H19N3O6. The van der Waals surface area contributed by atoms with Crippen molar-refractivity contribution in [1.29, 1.82) is 0 Å². The Morgan fingerprint density at radius 1 is 1.11 bits per heavy atom. The van der Waals surface area contributed by atoms with E-state index < -0.39 is 10.8 Å². The molecule has 1 amide bonds. The molecule has 0 aliphatic heterocycles. The lowest BCUT2D eigenvalue weighted by Gasteiger charge is -2.13. The summed E-state index contributed by atoms with van der Waals surface area (Å²) in [6, 6.07) is 7.57.